The molecule has 5 heteroatoms. The molecule has 0 heterocycles. The summed E-state index contributed by atoms with van der Waals surface area (Å²) in [6, 6.07) is 11.6. The maximum absolute atomic E-state index is 6.25. The molecule has 0 saturated heterocycles. The lowest BCUT2D eigenvalue weighted by Crippen LogP contribution is -2.05. The van der Waals surface area contributed by atoms with Crippen molar-refractivity contribution in [2.45, 2.75) is 13.2 Å². The Morgan fingerprint density at radius 3 is 2.57 bits per heavy atom. The smallest absolute Gasteiger partial charge is 0.125 e. The Hall–Kier alpha value is -1.23. The van der Waals surface area contributed by atoms with E-state index >= 15 is 0 Å². The second-order valence-corrected chi connectivity index (χ2v) is 5.73. The van der Waals surface area contributed by atoms with Crippen LogP contribution >= 0.6 is 27.5 Å². The minimum atomic E-state index is 0.531. The second kappa shape index (κ2) is 7.69. The van der Waals surface area contributed by atoms with E-state index in [1.165, 1.54) is 0 Å². The summed E-state index contributed by atoms with van der Waals surface area (Å²) in [5.74, 6) is 0.776. The zero-order valence-electron chi connectivity index (χ0n) is 12.0. The number of halogens is 2. The van der Waals surface area contributed by atoms with Crippen molar-refractivity contribution in [3.05, 3.63) is 57.0 Å². The number of hydrogen-bond donors (Lipinski definition) is 1. The quantitative estimate of drug-likeness (QED) is 0.787. The summed E-state index contributed by atoms with van der Waals surface area (Å²) >= 11 is 9.80. The van der Waals surface area contributed by atoms with Gasteiger partial charge in [0.25, 0.3) is 0 Å². The van der Waals surface area contributed by atoms with Gasteiger partial charge < -0.3 is 14.8 Å². The largest absolute Gasteiger partial charge is 0.496 e. The van der Waals surface area contributed by atoms with Crippen LogP contribution in [0, 0.1) is 0 Å². The fraction of sp³-hybridized carbons (Fsp3) is 0.250. The summed E-state index contributed by atoms with van der Waals surface area (Å²) in [7, 11) is 3.32. The third-order valence-electron chi connectivity index (χ3n) is 3.16. The lowest BCUT2D eigenvalue weighted by Gasteiger charge is -2.15. The molecule has 0 amide bonds. The van der Waals surface area contributed by atoms with E-state index in [9.17, 15) is 0 Å². The molecule has 2 aromatic rings. The van der Waals surface area contributed by atoms with Gasteiger partial charge in [-0.05, 0) is 24.3 Å². The molecule has 0 unspecified atom stereocenters. The van der Waals surface area contributed by atoms with Gasteiger partial charge in [0.1, 0.15) is 5.75 Å². The van der Waals surface area contributed by atoms with Gasteiger partial charge in [0.05, 0.1) is 13.7 Å². The molecule has 0 atom stereocenters. The molecular formula is C16H17BrClNO2. The first-order valence-electron chi connectivity index (χ1n) is 6.49. The highest BCUT2D eigenvalue weighted by Gasteiger charge is 2.10. The van der Waals surface area contributed by atoms with Gasteiger partial charge in [-0.3, -0.25) is 0 Å². The van der Waals surface area contributed by atoms with Gasteiger partial charge >= 0.3 is 0 Å². The molecule has 0 aliphatic carbocycles. The monoisotopic (exact) mass is 369 g/mol. The first-order chi connectivity index (χ1) is 10.2. The van der Waals surface area contributed by atoms with E-state index in [2.05, 4.69) is 21.2 Å². The molecule has 21 heavy (non-hydrogen) atoms. The van der Waals surface area contributed by atoms with Gasteiger partial charge in [-0.2, -0.15) is 0 Å². The van der Waals surface area contributed by atoms with Crippen molar-refractivity contribution >= 4 is 33.2 Å². The van der Waals surface area contributed by atoms with Gasteiger partial charge in [0, 0.05) is 40.0 Å². The van der Waals surface area contributed by atoms with E-state index in [1.807, 2.05) is 36.4 Å². The van der Waals surface area contributed by atoms with Crippen LogP contribution in [0.3, 0.4) is 0 Å². The van der Waals surface area contributed by atoms with E-state index in [1.54, 1.807) is 14.2 Å². The highest BCUT2D eigenvalue weighted by atomic mass is 79.9. The van der Waals surface area contributed by atoms with Crippen molar-refractivity contribution in [1.82, 2.24) is 0 Å². The molecule has 0 aromatic heterocycles. The molecule has 0 spiro atoms. The number of methoxy groups -OCH3 is 2. The van der Waals surface area contributed by atoms with Crippen molar-refractivity contribution in [1.29, 1.82) is 0 Å². The molecule has 0 aliphatic rings. The SMILES string of the molecule is COCc1c(Br)cccc1NCc1c(Cl)cccc1OC. The zero-order valence-corrected chi connectivity index (χ0v) is 14.3. The Balaban J connectivity index is 2.23. The standard InChI is InChI=1S/C16H17BrClNO2/c1-20-10-12-13(17)5-3-7-15(12)19-9-11-14(18)6-4-8-16(11)21-2/h3-8,19H,9-10H2,1-2H3. The fourth-order valence-corrected chi connectivity index (χ4v) is 2.81. The molecule has 2 aromatic carbocycles. The van der Waals surface area contributed by atoms with Gasteiger partial charge in [-0.25, -0.2) is 0 Å². The maximum Gasteiger partial charge on any atom is 0.125 e. The molecule has 112 valence electrons. The summed E-state index contributed by atoms with van der Waals surface area (Å²) in [5.41, 5.74) is 3.02. The molecule has 0 bridgehead atoms. The van der Waals surface area contributed by atoms with Crippen LogP contribution in [0.2, 0.25) is 5.02 Å². The third-order valence-corrected chi connectivity index (χ3v) is 4.26. The number of hydrogen-bond acceptors (Lipinski definition) is 3. The first kappa shape index (κ1) is 16.1. The first-order valence-corrected chi connectivity index (χ1v) is 7.66. The molecule has 0 radical (unpaired) electrons. The maximum atomic E-state index is 6.25. The molecular weight excluding hydrogens is 354 g/mol. The van der Waals surface area contributed by atoms with Crippen molar-refractivity contribution in [3.8, 4) is 5.75 Å². The molecule has 3 nitrogen and oxygen atoms in total. The van der Waals surface area contributed by atoms with E-state index < -0.39 is 0 Å². The Morgan fingerprint density at radius 2 is 1.86 bits per heavy atom. The third kappa shape index (κ3) is 3.90. The van der Waals surface area contributed by atoms with Gasteiger partial charge in [-0.1, -0.05) is 39.7 Å². The van der Waals surface area contributed by atoms with Crippen LogP contribution in [-0.2, 0) is 17.9 Å². The average molecular weight is 371 g/mol. The van der Waals surface area contributed by atoms with Crippen LogP contribution in [0.5, 0.6) is 5.75 Å². The van der Waals surface area contributed by atoms with E-state index in [4.69, 9.17) is 21.1 Å². The summed E-state index contributed by atoms with van der Waals surface area (Å²) in [4.78, 5) is 0. The number of anilines is 1. The molecule has 2 rings (SSSR count). The van der Waals surface area contributed by atoms with E-state index in [0.717, 1.165) is 27.0 Å². The lowest BCUT2D eigenvalue weighted by molar-refractivity contribution is 0.185. The van der Waals surface area contributed by atoms with Crippen molar-refractivity contribution in [2.24, 2.45) is 0 Å². The highest BCUT2D eigenvalue weighted by Crippen LogP contribution is 2.29. The minimum absolute atomic E-state index is 0.531. The molecule has 1 N–H and O–H groups in total. The minimum Gasteiger partial charge on any atom is -0.496 e. The summed E-state index contributed by atoms with van der Waals surface area (Å²) in [6.45, 7) is 1.11. The second-order valence-electron chi connectivity index (χ2n) is 4.47. The fourth-order valence-electron chi connectivity index (χ4n) is 2.10. The van der Waals surface area contributed by atoms with Crippen LogP contribution in [0.4, 0.5) is 5.69 Å². The number of benzene rings is 2. The Bertz CT molecular complexity index is 619. The van der Waals surface area contributed by atoms with Crippen molar-refractivity contribution in [2.75, 3.05) is 19.5 Å². The van der Waals surface area contributed by atoms with Gasteiger partial charge in [0.2, 0.25) is 0 Å². The van der Waals surface area contributed by atoms with Crippen LogP contribution in [0.1, 0.15) is 11.1 Å². The predicted molar refractivity (Wildman–Crippen MR) is 90.2 cm³/mol. The molecule has 0 saturated carbocycles. The molecule has 0 aliphatic heterocycles. The highest BCUT2D eigenvalue weighted by molar-refractivity contribution is 9.10. The van der Waals surface area contributed by atoms with Crippen molar-refractivity contribution in [3.63, 3.8) is 0 Å². The number of rotatable bonds is 6. The number of nitrogens with one attached hydrogen (secondary N) is 1. The van der Waals surface area contributed by atoms with Gasteiger partial charge in [-0.15, -0.1) is 0 Å². The van der Waals surface area contributed by atoms with Crippen LogP contribution in [0.15, 0.2) is 40.9 Å². The van der Waals surface area contributed by atoms with Crippen LogP contribution in [0.25, 0.3) is 0 Å². The van der Waals surface area contributed by atoms with Crippen LogP contribution < -0.4 is 10.1 Å². The topological polar surface area (TPSA) is 30.5 Å². The zero-order chi connectivity index (χ0) is 15.2. The lowest BCUT2D eigenvalue weighted by atomic mass is 10.1. The Kier molecular flexibility index (Phi) is 5.91. The predicted octanol–water partition coefficient (Wildman–Crippen LogP) is 4.87. The molecule has 0 fully saturated rings. The average Bonchev–Trinajstić information content (AvgIpc) is 2.48. The normalized spacial score (nSPS) is 10.5. The summed E-state index contributed by atoms with van der Waals surface area (Å²) < 4.78 is 11.6. The van der Waals surface area contributed by atoms with Crippen LogP contribution in [-0.4, -0.2) is 14.2 Å². The Labute approximate surface area is 138 Å². The summed E-state index contributed by atoms with van der Waals surface area (Å²) in [6.07, 6.45) is 0. The van der Waals surface area contributed by atoms with Gasteiger partial charge in [0.15, 0.2) is 0 Å². The summed E-state index contributed by atoms with van der Waals surface area (Å²) in [5, 5.41) is 4.08. The van der Waals surface area contributed by atoms with E-state index in [-0.39, 0.29) is 0 Å². The van der Waals surface area contributed by atoms with E-state index in [0.29, 0.717) is 18.2 Å². The number of ether oxygens (including phenoxy) is 2. The Morgan fingerprint density at radius 1 is 1.10 bits per heavy atom. The van der Waals surface area contributed by atoms with Crippen molar-refractivity contribution < 1.29 is 9.47 Å².